The molecule has 1 unspecified atom stereocenters. The summed E-state index contributed by atoms with van der Waals surface area (Å²) in [6.07, 6.45) is 6.47. The van der Waals surface area contributed by atoms with Gasteiger partial charge in [-0.15, -0.1) is 0 Å². The first-order valence-electron chi connectivity index (χ1n) is 4.19. The van der Waals surface area contributed by atoms with Crippen LogP contribution in [0.1, 0.15) is 39.0 Å². The van der Waals surface area contributed by atoms with E-state index in [4.69, 9.17) is 5.73 Å². The highest BCUT2D eigenvalue weighted by atomic mass is 32.1. The minimum absolute atomic E-state index is 0.428. The highest BCUT2D eigenvalue weighted by Crippen LogP contribution is 2.08. The molecule has 0 radical (unpaired) electrons. The molecule has 0 fully saturated rings. The summed E-state index contributed by atoms with van der Waals surface area (Å²) in [5.41, 5.74) is 5.41. The second kappa shape index (κ2) is 7.42. The van der Waals surface area contributed by atoms with Gasteiger partial charge in [0, 0.05) is 11.8 Å². The molecule has 10 heavy (non-hydrogen) atoms. The molecule has 0 aliphatic rings. The molecule has 0 aliphatic carbocycles. The van der Waals surface area contributed by atoms with E-state index in [1.54, 1.807) is 0 Å². The van der Waals surface area contributed by atoms with Crippen LogP contribution >= 0.6 is 12.6 Å². The lowest BCUT2D eigenvalue weighted by molar-refractivity contribution is 0.621. The topological polar surface area (TPSA) is 26.0 Å². The van der Waals surface area contributed by atoms with Crippen LogP contribution in [0.15, 0.2) is 0 Å². The number of unbranched alkanes of at least 4 members (excludes halogenated alkanes) is 3. The third-order valence-corrected chi connectivity index (χ3v) is 2.13. The van der Waals surface area contributed by atoms with Crippen molar-refractivity contribution in [2.24, 2.45) is 5.73 Å². The Bertz CT molecular complexity index is 66.3. The van der Waals surface area contributed by atoms with Crippen LogP contribution < -0.4 is 5.73 Å². The molecule has 2 heteroatoms. The summed E-state index contributed by atoms with van der Waals surface area (Å²) in [7, 11) is 0. The molecule has 0 saturated heterocycles. The van der Waals surface area contributed by atoms with Crippen molar-refractivity contribution in [3.8, 4) is 0 Å². The standard InChI is InChI=1S/C8H19NS/c1-2-3-4-5-6-8(10)7-9/h8,10H,2-7,9H2,1H3. The van der Waals surface area contributed by atoms with Gasteiger partial charge in [-0.3, -0.25) is 0 Å². The molecule has 0 aromatic heterocycles. The molecule has 1 atom stereocenters. The van der Waals surface area contributed by atoms with Gasteiger partial charge in [0.05, 0.1) is 0 Å². The SMILES string of the molecule is CCCCCCC(S)CN. The van der Waals surface area contributed by atoms with Crippen LogP contribution in [0.3, 0.4) is 0 Å². The monoisotopic (exact) mass is 161 g/mol. The average Bonchev–Trinajstić information content (AvgIpc) is 1.98. The number of hydrogen-bond acceptors (Lipinski definition) is 2. The lowest BCUT2D eigenvalue weighted by Crippen LogP contribution is -2.13. The van der Waals surface area contributed by atoms with Gasteiger partial charge in [-0.2, -0.15) is 12.6 Å². The number of thiol groups is 1. The van der Waals surface area contributed by atoms with Gasteiger partial charge in [0.25, 0.3) is 0 Å². The lowest BCUT2D eigenvalue weighted by atomic mass is 10.1. The van der Waals surface area contributed by atoms with Gasteiger partial charge in [0.1, 0.15) is 0 Å². The highest BCUT2D eigenvalue weighted by Gasteiger charge is 1.97. The third kappa shape index (κ3) is 6.43. The molecule has 0 aromatic carbocycles. The summed E-state index contributed by atoms with van der Waals surface area (Å²) < 4.78 is 0. The van der Waals surface area contributed by atoms with Crippen molar-refractivity contribution in [2.75, 3.05) is 6.54 Å². The van der Waals surface area contributed by atoms with Crippen molar-refractivity contribution in [3.63, 3.8) is 0 Å². The molecule has 2 N–H and O–H groups in total. The van der Waals surface area contributed by atoms with Crippen molar-refractivity contribution in [2.45, 2.75) is 44.3 Å². The van der Waals surface area contributed by atoms with Gasteiger partial charge in [0.2, 0.25) is 0 Å². The quantitative estimate of drug-likeness (QED) is 0.453. The Kier molecular flexibility index (Phi) is 7.65. The van der Waals surface area contributed by atoms with E-state index in [-0.39, 0.29) is 0 Å². The van der Waals surface area contributed by atoms with Gasteiger partial charge < -0.3 is 5.73 Å². The summed E-state index contributed by atoms with van der Waals surface area (Å²) in [4.78, 5) is 0. The second-order valence-electron chi connectivity index (χ2n) is 2.74. The fourth-order valence-corrected chi connectivity index (χ4v) is 1.11. The fraction of sp³-hybridized carbons (Fsp3) is 1.00. The Balaban J connectivity index is 2.89. The highest BCUT2D eigenvalue weighted by molar-refractivity contribution is 7.81. The predicted molar refractivity (Wildman–Crippen MR) is 50.6 cm³/mol. The molecule has 0 aliphatic heterocycles. The zero-order valence-electron chi connectivity index (χ0n) is 6.84. The summed E-state index contributed by atoms with van der Waals surface area (Å²) >= 11 is 4.31. The molecule has 0 heterocycles. The minimum Gasteiger partial charge on any atom is -0.329 e. The maximum absolute atomic E-state index is 5.41. The van der Waals surface area contributed by atoms with Crippen LogP contribution in [-0.4, -0.2) is 11.8 Å². The molecular weight excluding hydrogens is 142 g/mol. The fourth-order valence-electron chi connectivity index (χ4n) is 0.925. The summed E-state index contributed by atoms with van der Waals surface area (Å²) in [6, 6.07) is 0. The van der Waals surface area contributed by atoms with Gasteiger partial charge in [-0.25, -0.2) is 0 Å². The van der Waals surface area contributed by atoms with E-state index in [0.29, 0.717) is 5.25 Å². The molecule has 0 amide bonds. The molecule has 0 aromatic rings. The van der Waals surface area contributed by atoms with Gasteiger partial charge in [0.15, 0.2) is 0 Å². The van der Waals surface area contributed by atoms with E-state index in [0.717, 1.165) is 6.54 Å². The Labute approximate surface area is 69.8 Å². The number of hydrogen-bond donors (Lipinski definition) is 2. The molecular formula is C8H19NS. The van der Waals surface area contributed by atoms with Crippen molar-refractivity contribution in [1.82, 2.24) is 0 Å². The van der Waals surface area contributed by atoms with Gasteiger partial charge in [-0.05, 0) is 6.42 Å². The zero-order chi connectivity index (χ0) is 7.82. The van der Waals surface area contributed by atoms with Crippen LogP contribution in [0.5, 0.6) is 0 Å². The number of nitrogens with two attached hydrogens (primary N) is 1. The van der Waals surface area contributed by atoms with E-state index >= 15 is 0 Å². The average molecular weight is 161 g/mol. The summed E-state index contributed by atoms with van der Waals surface area (Å²) in [5.74, 6) is 0. The maximum atomic E-state index is 5.41. The molecule has 62 valence electrons. The van der Waals surface area contributed by atoms with Crippen LogP contribution in [0, 0.1) is 0 Å². The molecule has 0 rings (SSSR count). The number of rotatable bonds is 6. The second-order valence-corrected chi connectivity index (χ2v) is 3.47. The zero-order valence-corrected chi connectivity index (χ0v) is 7.74. The smallest absolute Gasteiger partial charge is 0.0140 e. The predicted octanol–water partition coefficient (Wildman–Crippen LogP) is 2.21. The first-order valence-corrected chi connectivity index (χ1v) is 4.71. The van der Waals surface area contributed by atoms with Crippen LogP contribution in [0.2, 0.25) is 0 Å². The molecule has 0 spiro atoms. The van der Waals surface area contributed by atoms with Crippen LogP contribution in [0.25, 0.3) is 0 Å². The Morgan fingerprint density at radius 3 is 2.50 bits per heavy atom. The lowest BCUT2D eigenvalue weighted by Gasteiger charge is -2.05. The Morgan fingerprint density at radius 1 is 1.30 bits per heavy atom. The Hall–Kier alpha value is 0.310. The normalized spacial score (nSPS) is 13.5. The summed E-state index contributed by atoms with van der Waals surface area (Å²) in [6.45, 7) is 2.94. The third-order valence-electron chi connectivity index (χ3n) is 1.66. The van der Waals surface area contributed by atoms with Crippen LogP contribution in [0.4, 0.5) is 0 Å². The first-order chi connectivity index (χ1) is 4.81. The minimum atomic E-state index is 0.428. The first kappa shape index (κ1) is 10.3. The van der Waals surface area contributed by atoms with E-state index in [1.165, 1.54) is 32.1 Å². The molecule has 0 saturated carbocycles. The van der Waals surface area contributed by atoms with E-state index in [2.05, 4.69) is 19.6 Å². The van der Waals surface area contributed by atoms with Crippen molar-refractivity contribution >= 4 is 12.6 Å². The van der Waals surface area contributed by atoms with Crippen molar-refractivity contribution in [3.05, 3.63) is 0 Å². The largest absolute Gasteiger partial charge is 0.329 e. The van der Waals surface area contributed by atoms with E-state index < -0.39 is 0 Å². The molecule has 0 bridgehead atoms. The van der Waals surface area contributed by atoms with Crippen molar-refractivity contribution < 1.29 is 0 Å². The van der Waals surface area contributed by atoms with Crippen molar-refractivity contribution in [1.29, 1.82) is 0 Å². The Morgan fingerprint density at radius 2 is 2.00 bits per heavy atom. The van der Waals surface area contributed by atoms with Gasteiger partial charge in [-0.1, -0.05) is 32.6 Å². The van der Waals surface area contributed by atoms with Gasteiger partial charge >= 0.3 is 0 Å². The van der Waals surface area contributed by atoms with E-state index in [1.807, 2.05) is 0 Å². The van der Waals surface area contributed by atoms with E-state index in [9.17, 15) is 0 Å². The molecule has 1 nitrogen and oxygen atoms in total. The van der Waals surface area contributed by atoms with Crippen LogP contribution in [-0.2, 0) is 0 Å². The summed E-state index contributed by atoms with van der Waals surface area (Å²) in [5, 5.41) is 0.428. The maximum Gasteiger partial charge on any atom is 0.0140 e.